The van der Waals surface area contributed by atoms with Crippen LogP contribution in [0.2, 0.25) is 0 Å². The van der Waals surface area contributed by atoms with E-state index in [4.69, 9.17) is 0 Å². The summed E-state index contributed by atoms with van der Waals surface area (Å²) in [4.78, 5) is 11.6. The molecule has 3 aromatic rings. The van der Waals surface area contributed by atoms with Crippen LogP contribution in [0.25, 0.3) is 11.6 Å². The van der Waals surface area contributed by atoms with Crippen molar-refractivity contribution in [3.05, 3.63) is 65.0 Å². The van der Waals surface area contributed by atoms with Crippen LogP contribution in [-0.4, -0.2) is 22.8 Å². The summed E-state index contributed by atoms with van der Waals surface area (Å²) in [5.74, 6) is 0.0552. The molecule has 2 aromatic carbocycles. The quantitative estimate of drug-likeness (QED) is 0.700. The molecule has 1 N–H and O–H groups in total. The number of hydrogen-bond donors (Lipinski definition) is 1. The van der Waals surface area contributed by atoms with Crippen LogP contribution in [0.1, 0.15) is 17.4 Å². The van der Waals surface area contributed by atoms with Crippen LogP contribution in [-0.2, 0) is 0 Å². The maximum Gasteiger partial charge on any atom is 0.231 e. The van der Waals surface area contributed by atoms with E-state index in [-0.39, 0.29) is 5.88 Å². The van der Waals surface area contributed by atoms with Gasteiger partial charge in [-0.2, -0.15) is 4.98 Å². The molecule has 1 aliphatic heterocycles. The number of aromatic hydroxyl groups is 1. The Morgan fingerprint density at radius 2 is 1.84 bits per heavy atom. The lowest BCUT2D eigenvalue weighted by Crippen LogP contribution is -2.15. The average Bonchev–Trinajstić information content (AvgIpc) is 3.21. The van der Waals surface area contributed by atoms with E-state index < -0.39 is 0 Å². The number of anilines is 2. The van der Waals surface area contributed by atoms with Crippen LogP contribution in [0.5, 0.6) is 5.88 Å². The van der Waals surface area contributed by atoms with Gasteiger partial charge in [-0.05, 0) is 31.2 Å². The van der Waals surface area contributed by atoms with Crippen molar-refractivity contribution in [1.29, 1.82) is 0 Å². The Kier molecular flexibility index (Phi) is 4.07. The first-order valence-corrected chi connectivity index (χ1v) is 8.95. The molecule has 0 fully saturated rings. The highest BCUT2D eigenvalue weighted by atomic mass is 32.1. The lowest BCUT2D eigenvalue weighted by atomic mass is 10.1. The minimum atomic E-state index is 0.0552. The summed E-state index contributed by atoms with van der Waals surface area (Å²) in [6, 6.07) is 18.1. The topological polar surface area (TPSA) is 48.7 Å². The third kappa shape index (κ3) is 2.94. The second-order valence-corrected chi connectivity index (χ2v) is 6.65. The number of nitrogens with zero attached hydrogens (tertiary/aromatic N) is 3. The van der Waals surface area contributed by atoms with E-state index >= 15 is 0 Å². The fourth-order valence-electron chi connectivity index (χ4n) is 2.85. The standard InChI is InChI=1S/C20H17N3OS/c1-2-23(15-8-4-3-5-9-15)20-22-19(24)18(25-20)12-14-13-21-17-11-7-6-10-16(14)17/h3-13,24H,2H2,1H3/b14-12+. The first-order chi connectivity index (χ1) is 12.3. The van der Waals surface area contributed by atoms with Crippen molar-refractivity contribution >= 4 is 45.7 Å². The first kappa shape index (κ1) is 15.6. The van der Waals surface area contributed by atoms with E-state index in [0.717, 1.165) is 39.1 Å². The SMILES string of the molecule is CCN(c1ccccc1)c1nc(O)c(/C=C2\C=Nc3ccccc32)s1. The molecule has 0 unspecified atom stereocenters. The number of thiazole rings is 1. The highest BCUT2D eigenvalue weighted by molar-refractivity contribution is 7.16. The summed E-state index contributed by atoms with van der Waals surface area (Å²) >= 11 is 1.48. The number of aromatic nitrogens is 1. The van der Waals surface area contributed by atoms with Gasteiger partial charge in [0.15, 0.2) is 5.13 Å². The molecule has 0 atom stereocenters. The third-order valence-electron chi connectivity index (χ3n) is 4.08. The highest BCUT2D eigenvalue weighted by Crippen LogP contribution is 2.38. The van der Waals surface area contributed by atoms with E-state index in [2.05, 4.69) is 21.8 Å². The maximum absolute atomic E-state index is 10.3. The molecule has 124 valence electrons. The van der Waals surface area contributed by atoms with Crippen LogP contribution >= 0.6 is 11.3 Å². The van der Waals surface area contributed by atoms with Crippen molar-refractivity contribution in [2.75, 3.05) is 11.4 Å². The van der Waals surface area contributed by atoms with Gasteiger partial charge < -0.3 is 10.0 Å². The molecule has 25 heavy (non-hydrogen) atoms. The van der Waals surface area contributed by atoms with Gasteiger partial charge in [0.2, 0.25) is 5.88 Å². The van der Waals surface area contributed by atoms with Gasteiger partial charge in [-0.3, -0.25) is 4.99 Å². The normalized spacial score (nSPS) is 14.0. The van der Waals surface area contributed by atoms with Crippen molar-refractivity contribution < 1.29 is 5.11 Å². The van der Waals surface area contributed by atoms with Crippen molar-refractivity contribution in [1.82, 2.24) is 4.98 Å². The molecule has 4 nitrogen and oxygen atoms in total. The summed E-state index contributed by atoms with van der Waals surface area (Å²) in [6.45, 7) is 2.85. The molecule has 0 radical (unpaired) electrons. The minimum absolute atomic E-state index is 0.0552. The number of allylic oxidation sites excluding steroid dienone is 1. The van der Waals surface area contributed by atoms with Gasteiger partial charge in [0, 0.05) is 29.6 Å². The van der Waals surface area contributed by atoms with Crippen molar-refractivity contribution in [3.63, 3.8) is 0 Å². The summed E-state index contributed by atoms with van der Waals surface area (Å²) < 4.78 is 0. The third-order valence-corrected chi connectivity index (χ3v) is 5.10. The van der Waals surface area contributed by atoms with Crippen LogP contribution in [0.4, 0.5) is 16.5 Å². The maximum atomic E-state index is 10.3. The van der Waals surface area contributed by atoms with E-state index in [9.17, 15) is 5.11 Å². The van der Waals surface area contributed by atoms with E-state index in [0.29, 0.717) is 0 Å². The Hall–Kier alpha value is -2.92. The number of hydrogen-bond acceptors (Lipinski definition) is 5. The Bertz CT molecular complexity index is 960. The highest BCUT2D eigenvalue weighted by Gasteiger charge is 2.17. The molecule has 0 bridgehead atoms. The van der Waals surface area contributed by atoms with Gasteiger partial charge >= 0.3 is 0 Å². The predicted octanol–water partition coefficient (Wildman–Crippen LogP) is 5.26. The molecule has 0 amide bonds. The minimum Gasteiger partial charge on any atom is -0.492 e. The molecule has 0 saturated carbocycles. The Labute approximate surface area is 150 Å². The second kappa shape index (κ2) is 6.53. The molecule has 0 aliphatic carbocycles. The second-order valence-electron chi connectivity index (χ2n) is 5.64. The summed E-state index contributed by atoms with van der Waals surface area (Å²) in [5.41, 5.74) is 4.08. The van der Waals surface area contributed by atoms with Crippen molar-refractivity contribution in [3.8, 4) is 5.88 Å². The Morgan fingerprint density at radius 3 is 2.64 bits per heavy atom. The average molecular weight is 347 g/mol. The molecular weight excluding hydrogens is 330 g/mol. The molecule has 0 saturated heterocycles. The van der Waals surface area contributed by atoms with E-state index in [1.54, 1.807) is 0 Å². The molecule has 1 aromatic heterocycles. The zero-order valence-electron chi connectivity index (χ0n) is 13.8. The molecule has 0 spiro atoms. The van der Waals surface area contributed by atoms with Crippen molar-refractivity contribution in [2.24, 2.45) is 4.99 Å². The van der Waals surface area contributed by atoms with Crippen LogP contribution in [0, 0.1) is 0 Å². The fourth-order valence-corrected chi connectivity index (χ4v) is 3.85. The van der Waals surface area contributed by atoms with E-state index in [1.165, 1.54) is 11.3 Å². The summed E-state index contributed by atoms with van der Waals surface area (Å²) in [6.07, 6.45) is 3.78. The van der Waals surface area contributed by atoms with Crippen LogP contribution in [0.3, 0.4) is 0 Å². The molecule has 4 rings (SSSR count). The Morgan fingerprint density at radius 1 is 1.08 bits per heavy atom. The van der Waals surface area contributed by atoms with E-state index in [1.807, 2.05) is 66.9 Å². The fraction of sp³-hybridized carbons (Fsp3) is 0.100. The lowest BCUT2D eigenvalue weighted by molar-refractivity contribution is 0.456. The summed E-state index contributed by atoms with van der Waals surface area (Å²) in [7, 11) is 0. The largest absolute Gasteiger partial charge is 0.492 e. The predicted molar refractivity (Wildman–Crippen MR) is 105 cm³/mol. The van der Waals surface area contributed by atoms with Gasteiger partial charge in [-0.15, -0.1) is 0 Å². The number of rotatable bonds is 4. The summed E-state index contributed by atoms with van der Waals surface area (Å²) in [5, 5.41) is 11.1. The van der Waals surface area contributed by atoms with Crippen LogP contribution in [0.15, 0.2) is 59.6 Å². The monoisotopic (exact) mass is 347 g/mol. The number of fused-ring (bicyclic) bond motifs is 1. The van der Waals surface area contributed by atoms with Crippen molar-refractivity contribution in [2.45, 2.75) is 6.92 Å². The zero-order valence-corrected chi connectivity index (χ0v) is 14.6. The molecule has 1 aliphatic rings. The molecule has 5 heteroatoms. The van der Waals surface area contributed by atoms with Gasteiger partial charge in [-0.25, -0.2) is 0 Å². The first-order valence-electron chi connectivity index (χ1n) is 8.14. The number of para-hydroxylation sites is 2. The smallest absolute Gasteiger partial charge is 0.231 e. The van der Waals surface area contributed by atoms with Gasteiger partial charge in [-0.1, -0.05) is 47.7 Å². The van der Waals surface area contributed by atoms with Gasteiger partial charge in [0.25, 0.3) is 0 Å². The molecular formula is C20H17N3OS. The zero-order chi connectivity index (χ0) is 17.2. The Balaban J connectivity index is 1.70. The van der Waals surface area contributed by atoms with Crippen LogP contribution < -0.4 is 4.90 Å². The van der Waals surface area contributed by atoms with Gasteiger partial charge in [0.1, 0.15) is 0 Å². The van der Waals surface area contributed by atoms with Gasteiger partial charge in [0.05, 0.1) is 10.6 Å². The number of aliphatic imine (C=N–C) groups is 1. The number of benzene rings is 2. The molecule has 2 heterocycles. The lowest BCUT2D eigenvalue weighted by Gasteiger charge is -2.19.